The van der Waals surface area contributed by atoms with Crippen LogP contribution in [0.2, 0.25) is 0 Å². The van der Waals surface area contributed by atoms with Crippen molar-refractivity contribution >= 4 is 34.5 Å². The monoisotopic (exact) mass is 533 g/mol. The van der Waals surface area contributed by atoms with E-state index in [9.17, 15) is 9.59 Å². The van der Waals surface area contributed by atoms with Crippen molar-refractivity contribution in [2.75, 3.05) is 26.9 Å². The maximum atomic E-state index is 13.5. The van der Waals surface area contributed by atoms with Crippen molar-refractivity contribution in [3.05, 3.63) is 82.4 Å². The minimum atomic E-state index is -0.533. The van der Waals surface area contributed by atoms with Crippen molar-refractivity contribution in [3.8, 4) is 5.75 Å². The average molecular weight is 534 g/mol. The summed E-state index contributed by atoms with van der Waals surface area (Å²) in [6.07, 6.45) is 2.20. The van der Waals surface area contributed by atoms with Crippen molar-refractivity contribution in [2.45, 2.75) is 38.3 Å². The molecule has 38 heavy (non-hydrogen) atoms. The molecule has 1 N–H and O–H groups in total. The van der Waals surface area contributed by atoms with Crippen LogP contribution in [0, 0.1) is 0 Å². The van der Waals surface area contributed by atoms with Gasteiger partial charge in [-0.1, -0.05) is 54.2 Å². The average Bonchev–Trinajstić information content (AvgIpc) is 3.62. The molecule has 8 nitrogen and oxygen atoms in total. The zero-order valence-corrected chi connectivity index (χ0v) is 22.3. The number of amides is 1. The van der Waals surface area contributed by atoms with Gasteiger partial charge in [0.1, 0.15) is 5.75 Å². The number of fused-ring (bicyclic) bond motifs is 1. The van der Waals surface area contributed by atoms with Gasteiger partial charge in [-0.25, -0.2) is 9.79 Å². The molecule has 5 rings (SSSR count). The number of carbonyl (C=O) groups excluding carboxylic acids is 2. The summed E-state index contributed by atoms with van der Waals surface area (Å²) in [4.78, 5) is 33.4. The van der Waals surface area contributed by atoms with Gasteiger partial charge in [-0.05, 0) is 42.9 Å². The molecule has 3 aliphatic heterocycles. The number of aliphatic imine (C=N–C) groups is 1. The number of methoxy groups -OCH3 is 1. The summed E-state index contributed by atoms with van der Waals surface area (Å²) < 4.78 is 16.6. The van der Waals surface area contributed by atoms with Crippen molar-refractivity contribution in [3.63, 3.8) is 0 Å². The molecular formula is C29H31N3O5S. The lowest BCUT2D eigenvalue weighted by Gasteiger charge is -2.36. The molecule has 1 saturated heterocycles. The van der Waals surface area contributed by atoms with Gasteiger partial charge in [0.05, 0.1) is 43.6 Å². The molecule has 0 bridgehead atoms. The summed E-state index contributed by atoms with van der Waals surface area (Å²) in [6, 6.07) is 16.7. The Balaban J connectivity index is 1.53. The summed E-state index contributed by atoms with van der Waals surface area (Å²) >= 11 is 1.45. The van der Waals surface area contributed by atoms with E-state index in [4.69, 9.17) is 19.2 Å². The molecule has 0 spiro atoms. The van der Waals surface area contributed by atoms with E-state index in [1.165, 1.54) is 11.8 Å². The van der Waals surface area contributed by atoms with Crippen molar-refractivity contribution < 1.29 is 23.8 Å². The molecule has 3 aliphatic rings. The second-order valence-electron chi connectivity index (χ2n) is 9.13. The van der Waals surface area contributed by atoms with Crippen LogP contribution >= 0.6 is 11.8 Å². The van der Waals surface area contributed by atoms with Crippen LogP contribution in [-0.4, -0.2) is 54.9 Å². The van der Waals surface area contributed by atoms with Crippen LogP contribution in [-0.2, 0) is 19.1 Å². The Labute approximate surface area is 226 Å². The fourth-order valence-electron chi connectivity index (χ4n) is 4.85. The number of carbonyl (C=O) groups is 2. The van der Waals surface area contributed by atoms with Crippen LogP contribution in [0.3, 0.4) is 0 Å². The topological polar surface area (TPSA) is 89.5 Å². The van der Waals surface area contributed by atoms with Gasteiger partial charge in [-0.2, -0.15) is 0 Å². The van der Waals surface area contributed by atoms with Crippen LogP contribution in [0.1, 0.15) is 43.4 Å². The zero-order valence-electron chi connectivity index (χ0n) is 21.5. The highest BCUT2D eigenvalue weighted by Gasteiger charge is 2.42. The van der Waals surface area contributed by atoms with Crippen LogP contribution < -0.4 is 10.1 Å². The zero-order chi connectivity index (χ0) is 26.5. The van der Waals surface area contributed by atoms with E-state index < -0.39 is 12.0 Å². The molecule has 1 amide bonds. The first-order valence-electron chi connectivity index (χ1n) is 12.8. The maximum Gasteiger partial charge on any atom is 0.338 e. The van der Waals surface area contributed by atoms with Gasteiger partial charge >= 0.3 is 5.97 Å². The molecule has 0 aromatic heterocycles. The first kappa shape index (κ1) is 26.1. The third kappa shape index (κ3) is 5.49. The fourth-order valence-corrected chi connectivity index (χ4v) is 5.77. The second-order valence-corrected chi connectivity index (χ2v) is 9.97. The highest BCUT2D eigenvalue weighted by Crippen LogP contribution is 2.47. The van der Waals surface area contributed by atoms with Crippen molar-refractivity contribution in [1.82, 2.24) is 10.2 Å². The molecule has 9 heteroatoms. The molecule has 1 fully saturated rings. The van der Waals surface area contributed by atoms with E-state index in [1.54, 1.807) is 14.0 Å². The quantitative estimate of drug-likeness (QED) is 0.469. The minimum Gasteiger partial charge on any atom is -0.497 e. The SMILES string of the molecule is CCOC(=O)C1=C(c2ccccc2)N=C2SC=C(CC(=O)NC[C@@H]3CCCO3)N2[C@@H]1c1ccc(OC)cc1. The number of nitrogens with one attached hydrogen (secondary N) is 1. The third-order valence-corrected chi connectivity index (χ3v) is 7.57. The molecule has 0 radical (unpaired) electrons. The standard InChI is InChI=1S/C29H31N3O5S/c1-3-36-28(34)25-26(19-8-5-4-6-9-19)31-29-32(27(25)20-11-13-22(35-2)14-12-20)21(18-38-29)16-24(33)30-17-23-10-7-15-37-23/h4-6,8-9,11-14,18,23,27H,3,7,10,15-17H2,1-2H3,(H,30,33)/t23-,27+/m0/s1. The number of nitrogens with zero attached hydrogens (tertiary/aromatic N) is 2. The normalized spacial score (nSPS) is 20.5. The van der Waals surface area contributed by atoms with Gasteiger partial charge in [0.25, 0.3) is 0 Å². The van der Waals surface area contributed by atoms with E-state index >= 15 is 0 Å². The van der Waals surface area contributed by atoms with E-state index in [0.29, 0.717) is 28.7 Å². The molecule has 2 aromatic rings. The Kier molecular flexibility index (Phi) is 8.14. The van der Waals surface area contributed by atoms with Crippen LogP contribution in [0.4, 0.5) is 0 Å². The minimum absolute atomic E-state index is 0.0665. The van der Waals surface area contributed by atoms with Crippen molar-refractivity contribution in [2.24, 2.45) is 4.99 Å². The highest BCUT2D eigenvalue weighted by atomic mass is 32.2. The predicted molar refractivity (Wildman–Crippen MR) is 147 cm³/mol. The summed E-state index contributed by atoms with van der Waals surface area (Å²) in [5.74, 6) is 0.176. The fraction of sp³-hybridized carbons (Fsp3) is 0.345. The van der Waals surface area contributed by atoms with Gasteiger partial charge in [-0.3, -0.25) is 4.79 Å². The predicted octanol–water partition coefficient (Wildman–Crippen LogP) is 4.66. The summed E-state index contributed by atoms with van der Waals surface area (Å²) in [5, 5.41) is 5.66. The van der Waals surface area contributed by atoms with Crippen LogP contribution in [0.5, 0.6) is 5.75 Å². The second kappa shape index (κ2) is 11.9. The molecule has 2 atom stereocenters. The van der Waals surface area contributed by atoms with Crippen LogP contribution in [0.15, 0.2) is 76.3 Å². The lowest BCUT2D eigenvalue weighted by Crippen LogP contribution is -2.38. The summed E-state index contributed by atoms with van der Waals surface area (Å²) in [6.45, 7) is 3.26. The number of benzene rings is 2. The largest absolute Gasteiger partial charge is 0.497 e. The first-order valence-corrected chi connectivity index (χ1v) is 13.7. The Hall–Kier alpha value is -3.56. The van der Waals surface area contributed by atoms with Crippen LogP contribution in [0.25, 0.3) is 5.70 Å². The molecular weight excluding hydrogens is 502 g/mol. The molecule has 0 unspecified atom stereocenters. The Morgan fingerprint density at radius 3 is 2.63 bits per heavy atom. The highest BCUT2D eigenvalue weighted by molar-refractivity contribution is 8.16. The lowest BCUT2D eigenvalue weighted by atomic mass is 9.91. The Morgan fingerprint density at radius 1 is 1.16 bits per heavy atom. The Morgan fingerprint density at radius 2 is 1.95 bits per heavy atom. The first-order chi connectivity index (χ1) is 18.6. The van der Waals surface area contributed by atoms with Gasteiger partial charge in [-0.15, -0.1) is 0 Å². The number of thioether (sulfide) groups is 1. The Bertz CT molecular complexity index is 1270. The number of esters is 1. The number of rotatable bonds is 9. The summed E-state index contributed by atoms with van der Waals surface area (Å²) in [5.41, 5.74) is 3.46. The van der Waals surface area contributed by atoms with E-state index in [-0.39, 0.29) is 25.0 Å². The van der Waals surface area contributed by atoms with Gasteiger partial charge < -0.3 is 24.4 Å². The maximum absolute atomic E-state index is 13.5. The third-order valence-electron chi connectivity index (χ3n) is 6.68. The van der Waals surface area contributed by atoms with E-state index in [1.807, 2.05) is 64.9 Å². The number of ether oxygens (including phenoxy) is 3. The summed E-state index contributed by atoms with van der Waals surface area (Å²) in [7, 11) is 1.62. The van der Waals surface area contributed by atoms with Gasteiger partial charge in [0, 0.05) is 24.4 Å². The van der Waals surface area contributed by atoms with E-state index in [2.05, 4.69) is 5.32 Å². The molecule has 198 valence electrons. The number of amidine groups is 1. The number of hydrogen-bond acceptors (Lipinski definition) is 8. The number of hydrogen-bond donors (Lipinski definition) is 1. The van der Waals surface area contributed by atoms with Crippen molar-refractivity contribution in [1.29, 1.82) is 0 Å². The molecule has 0 saturated carbocycles. The van der Waals surface area contributed by atoms with E-state index in [0.717, 1.165) is 36.3 Å². The smallest absolute Gasteiger partial charge is 0.338 e. The molecule has 0 aliphatic carbocycles. The molecule has 3 heterocycles. The lowest BCUT2D eigenvalue weighted by molar-refractivity contribution is -0.139. The van der Waals surface area contributed by atoms with Gasteiger partial charge in [0.2, 0.25) is 5.91 Å². The van der Waals surface area contributed by atoms with Gasteiger partial charge in [0.15, 0.2) is 5.17 Å². The molecule has 2 aromatic carbocycles.